The number of carbonyl (C=O) groups is 2. The number of alkyl halides is 3. The quantitative estimate of drug-likeness (QED) is 0.542. The Balaban J connectivity index is 1.66. The van der Waals surface area contributed by atoms with Gasteiger partial charge in [0.2, 0.25) is 0 Å². The van der Waals surface area contributed by atoms with Gasteiger partial charge in [-0.25, -0.2) is 9.40 Å². The van der Waals surface area contributed by atoms with Crippen molar-refractivity contribution in [3.05, 3.63) is 69.9 Å². The highest BCUT2D eigenvalue weighted by Crippen LogP contribution is 2.38. The van der Waals surface area contributed by atoms with Crippen LogP contribution in [0.4, 0.5) is 17.6 Å². The standard InChI is InChI=1S/C22H21F4N3O3/c1-12-8-15(22(24,25)26)16(9-12)27-20(31)18-19(30)17-6-3-7-28(17)29(21(18)32)11-13-4-2-5-14(23)10-13/h2,4-5,9-10,17,30H,3,6-8,11H2,1H3,(H,27,31). The van der Waals surface area contributed by atoms with Crippen molar-refractivity contribution in [3.8, 4) is 0 Å². The van der Waals surface area contributed by atoms with Gasteiger partial charge in [0.05, 0.1) is 18.2 Å². The Morgan fingerprint density at radius 1 is 1.31 bits per heavy atom. The number of nitrogens with one attached hydrogen (secondary N) is 1. The van der Waals surface area contributed by atoms with Gasteiger partial charge in [-0.3, -0.25) is 14.6 Å². The van der Waals surface area contributed by atoms with E-state index in [4.69, 9.17) is 0 Å². The number of hydrogen-bond donors (Lipinski definition) is 2. The summed E-state index contributed by atoms with van der Waals surface area (Å²) >= 11 is 0. The number of hydrazine groups is 1. The maximum absolute atomic E-state index is 13.6. The third-order valence-electron chi connectivity index (χ3n) is 5.76. The molecule has 0 saturated carbocycles. The highest BCUT2D eigenvalue weighted by Gasteiger charge is 2.46. The lowest BCUT2D eigenvalue weighted by Crippen LogP contribution is -2.55. The number of nitrogens with zero attached hydrogens (tertiary/aromatic N) is 2. The zero-order chi connectivity index (χ0) is 23.2. The summed E-state index contributed by atoms with van der Waals surface area (Å²) in [5.41, 5.74) is -1.06. The van der Waals surface area contributed by atoms with Gasteiger partial charge >= 0.3 is 6.18 Å². The molecule has 2 amide bonds. The summed E-state index contributed by atoms with van der Waals surface area (Å²) in [7, 11) is 0. The largest absolute Gasteiger partial charge is 0.510 e. The van der Waals surface area contributed by atoms with Gasteiger partial charge in [0, 0.05) is 18.7 Å². The molecule has 6 nitrogen and oxygen atoms in total. The molecule has 2 N–H and O–H groups in total. The van der Waals surface area contributed by atoms with Crippen LogP contribution in [0.5, 0.6) is 0 Å². The van der Waals surface area contributed by atoms with E-state index in [1.54, 1.807) is 11.1 Å². The number of aliphatic hydroxyl groups is 1. The van der Waals surface area contributed by atoms with Crippen LogP contribution in [0.25, 0.3) is 0 Å². The van der Waals surface area contributed by atoms with E-state index in [1.807, 2.05) is 0 Å². The van der Waals surface area contributed by atoms with E-state index in [0.717, 1.165) is 0 Å². The number of halogens is 4. The molecular weight excluding hydrogens is 430 g/mol. The number of benzene rings is 1. The van der Waals surface area contributed by atoms with Crippen molar-refractivity contribution in [2.45, 2.75) is 44.9 Å². The lowest BCUT2D eigenvalue weighted by atomic mass is 10.0. The molecule has 0 spiro atoms. The molecular formula is C22H21F4N3O3. The first kappa shape index (κ1) is 22.1. The lowest BCUT2D eigenvalue weighted by molar-refractivity contribution is -0.153. The van der Waals surface area contributed by atoms with E-state index < -0.39 is 52.5 Å². The minimum Gasteiger partial charge on any atom is -0.510 e. The normalized spacial score (nSPS) is 21.9. The van der Waals surface area contributed by atoms with Crippen molar-refractivity contribution >= 4 is 11.8 Å². The summed E-state index contributed by atoms with van der Waals surface area (Å²) in [5.74, 6) is -2.91. The Bertz CT molecular complexity index is 1070. The summed E-state index contributed by atoms with van der Waals surface area (Å²) < 4.78 is 53.6. The fraction of sp³-hybridized carbons (Fsp3) is 0.364. The molecule has 1 unspecified atom stereocenters. The molecule has 1 fully saturated rings. The molecule has 4 rings (SSSR count). The first-order chi connectivity index (χ1) is 15.1. The average Bonchev–Trinajstić information content (AvgIpc) is 3.32. The number of amides is 2. The summed E-state index contributed by atoms with van der Waals surface area (Å²) in [5, 5.41) is 15.7. The van der Waals surface area contributed by atoms with Crippen molar-refractivity contribution in [2.24, 2.45) is 0 Å². The van der Waals surface area contributed by atoms with Crippen molar-refractivity contribution in [1.29, 1.82) is 0 Å². The highest BCUT2D eigenvalue weighted by atomic mass is 19.4. The van der Waals surface area contributed by atoms with E-state index in [0.29, 0.717) is 30.5 Å². The summed E-state index contributed by atoms with van der Waals surface area (Å²) in [6, 6.07) is 4.96. The molecule has 170 valence electrons. The first-order valence-electron chi connectivity index (χ1n) is 10.1. The molecule has 1 saturated heterocycles. The second-order valence-electron chi connectivity index (χ2n) is 8.09. The minimum atomic E-state index is -4.64. The van der Waals surface area contributed by atoms with Gasteiger partial charge < -0.3 is 10.4 Å². The number of fused-ring (bicyclic) bond motifs is 1. The first-order valence-corrected chi connectivity index (χ1v) is 10.1. The molecule has 0 aromatic heterocycles. The summed E-state index contributed by atoms with van der Waals surface area (Å²) in [4.78, 5) is 26.1. The molecule has 32 heavy (non-hydrogen) atoms. The van der Waals surface area contributed by atoms with E-state index in [9.17, 15) is 32.3 Å². The number of aliphatic hydroxyl groups excluding tert-OH is 1. The van der Waals surface area contributed by atoms with Crippen molar-refractivity contribution < 1.29 is 32.3 Å². The molecule has 1 aromatic carbocycles. The van der Waals surface area contributed by atoms with Crippen LogP contribution in [0.3, 0.4) is 0 Å². The van der Waals surface area contributed by atoms with Crippen LogP contribution in [0.1, 0.15) is 31.7 Å². The SMILES string of the molecule is CC1=CC(NC(=O)C2=C(O)C3CCCN3N(Cc3cccc(F)c3)C2=O)=C(C(F)(F)F)C1. The van der Waals surface area contributed by atoms with Gasteiger partial charge in [0.1, 0.15) is 17.1 Å². The Hall–Kier alpha value is -3.14. The third-order valence-corrected chi connectivity index (χ3v) is 5.76. The molecule has 3 aliphatic rings. The monoisotopic (exact) mass is 451 g/mol. The van der Waals surface area contributed by atoms with E-state index in [-0.39, 0.29) is 13.0 Å². The summed E-state index contributed by atoms with van der Waals surface area (Å²) in [6.07, 6.45) is -2.69. The van der Waals surface area contributed by atoms with Gasteiger partial charge in [0.25, 0.3) is 11.8 Å². The molecule has 1 aromatic rings. The second kappa shape index (κ2) is 8.09. The molecule has 0 bridgehead atoms. The van der Waals surface area contributed by atoms with Gasteiger partial charge in [0.15, 0.2) is 0 Å². The number of allylic oxidation sites excluding steroid dienone is 3. The minimum absolute atomic E-state index is 0.0489. The van der Waals surface area contributed by atoms with E-state index in [2.05, 4.69) is 5.32 Å². The Morgan fingerprint density at radius 3 is 2.75 bits per heavy atom. The van der Waals surface area contributed by atoms with E-state index >= 15 is 0 Å². The highest BCUT2D eigenvalue weighted by molar-refractivity contribution is 6.19. The van der Waals surface area contributed by atoms with Gasteiger partial charge in [-0.2, -0.15) is 13.2 Å². The molecule has 2 heterocycles. The van der Waals surface area contributed by atoms with E-state index in [1.165, 1.54) is 36.2 Å². The number of hydrogen-bond acceptors (Lipinski definition) is 4. The van der Waals surface area contributed by atoms with Crippen LogP contribution >= 0.6 is 0 Å². The fourth-order valence-electron chi connectivity index (χ4n) is 4.33. The predicted molar refractivity (Wildman–Crippen MR) is 106 cm³/mol. The Morgan fingerprint density at radius 2 is 2.06 bits per heavy atom. The van der Waals surface area contributed by atoms with Crippen molar-refractivity contribution in [1.82, 2.24) is 15.3 Å². The van der Waals surface area contributed by atoms with Gasteiger partial charge in [-0.05, 0) is 43.5 Å². The number of carbonyl (C=O) groups excluding carboxylic acids is 2. The Kier molecular flexibility index (Phi) is 5.58. The third kappa shape index (κ3) is 4.02. The molecule has 0 radical (unpaired) electrons. The average molecular weight is 451 g/mol. The van der Waals surface area contributed by atoms with Crippen LogP contribution in [0, 0.1) is 5.82 Å². The maximum atomic E-state index is 13.6. The topological polar surface area (TPSA) is 72.9 Å². The maximum Gasteiger partial charge on any atom is 0.414 e. The van der Waals surface area contributed by atoms with Crippen LogP contribution in [0.2, 0.25) is 0 Å². The van der Waals surface area contributed by atoms with Crippen molar-refractivity contribution in [2.75, 3.05) is 6.54 Å². The second-order valence-corrected chi connectivity index (χ2v) is 8.09. The predicted octanol–water partition coefficient (Wildman–Crippen LogP) is 3.64. The lowest BCUT2D eigenvalue weighted by Gasteiger charge is -2.40. The molecule has 1 atom stereocenters. The fourth-order valence-corrected chi connectivity index (χ4v) is 4.33. The Labute approximate surface area is 181 Å². The van der Waals surface area contributed by atoms with Crippen LogP contribution in [0.15, 0.2) is 58.5 Å². The van der Waals surface area contributed by atoms with Crippen LogP contribution < -0.4 is 5.32 Å². The molecule has 2 aliphatic heterocycles. The zero-order valence-corrected chi connectivity index (χ0v) is 17.2. The van der Waals surface area contributed by atoms with Gasteiger partial charge in [-0.1, -0.05) is 17.7 Å². The zero-order valence-electron chi connectivity index (χ0n) is 17.2. The number of rotatable bonds is 4. The van der Waals surface area contributed by atoms with Crippen LogP contribution in [-0.4, -0.2) is 45.7 Å². The molecule has 1 aliphatic carbocycles. The van der Waals surface area contributed by atoms with Gasteiger partial charge in [-0.15, -0.1) is 0 Å². The molecule has 10 heteroatoms. The smallest absolute Gasteiger partial charge is 0.414 e. The van der Waals surface area contributed by atoms with Crippen molar-refractivity contribution in [3.63, 3.8) is 0 Å². The van der Waals surface area contributed by atoms with Crippen LogP contribution in [-0.2, 0) is 16.1 Å². The summed E-state index contributed by atoms with van der Waals surface area (Å²) in [6.45, 7) is 1.90.